The first-order valence-corrected chi connectivity index (χ1v) is 11.9. The molecule has 1 amide bonds. The molecule has 0 bridgehead atoms. The molecule has 2 unspecified atom stereocenters. The number of guanidine groups is 1. The van der Waals surface area contributed by atoms with Gasteiger partial charge in [-0.2, -0.15) is 0 Å². The number of carbonyl (C=O) groups excluding carboxylic acids is 1. The number of aliphatic imine (C=N–C) groups is 1. The Balaban J connectivity index is 0.00000363. The second kappa shape index (κ2) is 13.0. The zero-order valence-corrected chi connectivity index (χ0v) is 22.3. The lowest BCUT2D eigenvalue weighted by Crippen LogP contribution is -2.43. The van der Waals surface area contributed by atoms with Crippen LogP contribution < -0.4 is 21.3 Å². The quantitative estimate of drug-likeness (QED) is 0.257. The molecule has 0 aliphatic carbocycles. The SMILES string of the molecule is CCNC(=NCc1cccnc1N1CCCC(C(N)=O)C1)NC(C)Cc1ccc(C)s1.I. The monoisotopic (exact) mass is 570 g/mol. The summed E-state index contributed by atoms with van der Waals surface area (Å²) >= 11 is 1.84. The van der Waals surface area contributed by atoms with Gasteiger partial charge in [-0.15, -0.1) is 35.3 Å². The van der Waals surface area contributed by atoms with Crippen LogP contribution in [0.15, 0.2) is 35.5 Å². The summed E-state index contributed by atoms with van der Waals surface area (Å²) in [6, 6.07) is 8.62. The topological polar surface area (TPSA) is 95.6 Å². The molecule has 1 aliphatic rings. The van der Waals surface area contributed by atoms with Crippen molar-refractivity contribution >= 4 is 53.0 Å². The number of hydrogen-bond donors (Lipinski definition) is 3. The Kier molecular flexibility index (Phi) is 10.7. The molecule has 1 fully saturated rings. The second-order valence-electron chi connectivity index (χ2n) is 8.13. The largest absolute Gasteiger partial charge is 0.369 e. The van der Waals surface area contributed by atoms with Gasteiger partial charge in [0.25, 0.3) is 0 Å². The van der Waals surface area contributed by atoms with Gasteiger partial charge in [0.05, 0.1) is 12.5 Å². The van der Waals surface area contributed by atoms with Crippen molar-refractivity contribution in [1.82, 2.24) is 15.6 Å². The van der Waals surface area contributed by atoms with E-state index in [-0.39, 0.29) is 41.8 Å². The van der Waals surface area contributed by atoms with E-state index >= 15 is 0 Å². The molecule has 176 valence electrons. The average molecular weight is 571 g/mol. The molecule has 2 aromatic heterocycles. The summed E-state index contributed by atoms with van der Waals surface area (Å²) in [7, 11) is 0. The zero-order chi connectivity index (χ0) is 22.2. The lowest BCUT2D eigenvalue weighted by molar-refractivity contribution is -0.122. The molecule has 1 aliphatic heterocycles. The first-order valence-electron chi connectivity index (χ1n) is 11.0. The minimum absolute atomic E-state index is 0. The summed E-state index contributed by atoms with van der Waals surface area (Å²) < 4.78 is 0. The summed E-state index contributed by atoms with van der Waals surface area (Å²) in [6.45, 7) is 9.19. The van der Waals surface area contributed by atoms with E-state index in [0.717, 1.165) is 49.7 Å². The zero-order valence-electron chi connectivity index (χ0n) is 19.1. The molecule has 32 heavy (non-hydrogen) atoms. The summed E-state index contributed by atoms with van der Waals surface area (Å²) in [4.78, 5) is 26.0. The first kappa shape index (κ1) is 26.4. The Labute approximate surface area is 212 Å². The first-order chi connectivity index (χ1) is 15.0. The molecule has 0 radical (unpaired) electrons. The van der Waals surface area contributed by atoms with Gasteiger partial charge < -0.3 is 21.3 Å². The van der Waals surface area contributed by atoms with Gasteiger partial charge >= 0.3 is 0 Å². The molecule has 0 aromatic carbocycles. The maximum absolute atomic E-state index is 11.7. The number of aryl methyl sites for hydroxylation is 1. The number of amides is 1. The van der Waals surface area contributed by atoms with Crippen molar-refractivity contribution in [3.05, 3.63) is 45.8 Å². The van der Waals surface area contributed by atoms with E-state index in [1.54, 1.807) is 6.20 Å². The number of pyridine rings is 1. The Morgan fingerprint density at radius 3 is 2.91 bits per heavy atom. The molecular formula is C23H35IN6OS. The Morgan fingerprint density at radius 2 is 2.22 bits per heavy atom. The van der Waals surface area contributed by atoms with Crippen molar-refractivity contribution in [3.8, 4) is 0 Å². The molecule has 0 spiro atoms. The van der Waals surface area contributed by atoms with Gasteiger partial charge in [0.2, 0.25) is 5.91 Å². The van der Waals surface area contributed by atoms with Crippen molar-refractivity contribution in [2.24, 2.45) is 16.6 Å². The van der Waals surface area contributed by atoms with E-state index in [9.17, 15) is 4.79 Å². The van der Waals surface area contributed by atoms with Crippen molar-refractivity contribution in [2.75, 3.05) is 24.5 Å². The van der Waals surface area contributed by atoms with Gasteiger partial charge in [-0.1, -0.05) is 6.07 Å². The van der Waals surface area contributed by atoms with E-state index in [4.69, 9.17) is 10.7 Å². The predicted molar refractivity (Wildman–Crippen MR) is 144 cm³/mol. The molecule has 2 atom stereocenters. The van der Waals surface area contributed by atoms with Gasteiger partial charge in [0.15, 0.2) is 5.96 Å². The fourth-order valence-corrected chi connectivity index (χ4v) is 4.92. The van der Waals surface area contributed by atoms with Crippen molar-refractivity contribution < 1.29 is 4.79 Å². The highest BCUT2D eigenvalue weighted by molar-refractivity contribution is 14.0. The highest BCUT2D eigenvalue weighted by atomic mass is 127. The Hall–Kier alpha value is -1.88. The smallest absolute Gasteiger partial charge is 0.222 e. The lowest BCUT2D eigenvalue weighted by atomic mass is 9.97. The maximum Gasteiger partial charge on any atom is 0.222 e. The van der Waals surface area contributed by atoms with E-state index in [0.29, 0.717) is 13.1 Å². The summed E-state index contributed by atoms with van der Waals surface area (Å²) in [5.74, 6) is 1.35. The number of thiophene rings is 1. The number of nitrogens with two attached hydrogens (primary N) is 1. The fraction of sp³-hybridized carbons (Fsp3) is 0.522. The number of rotatable bonds is 8. The molecule has 0 saturated carbocycles. The standard InChI is InChI=1S/C23H34N6OS.HI/c1-4-25-23(28-16(2)13-20-10-9-17(3)31-20)27-14-18-7-5-11-26-22(18)29-12-6-8-19(15-29)21(24)30;/h5,7,9-11,16,19H,4,6,8,12-15H2,1-3H3,(H2,24,30)(H2,25,27,28);1H. The number of hydrogen-bond acceptors (Lipinski definition) is 5. The van der Waals surface area contributed by atoms with Crippen LogP contribution in [0.5, 0.6) is 0 Å². The Bertz CT molecular complexity index is 902. The van der Waals surface area contributed by atoms with E-state index in [1.165, 1.54) is 9.75 Å². The molecule has 1 saturated heterocycles. The lowest BCUT2D eigenvalue weighted by Gasteiger charge is -2.33. The van der Waals surface area contributed by atoms with Crippen LogP contribution in [-0.4, -0.2) is 42.5 Å². The van der Waals surface area contributed by atoms with Crippen LogP contribution in [0.2, 0.25) is 0 Å². The maximum atomic E-state index is 11.7. The number of aromatic nitrogens is 1. The van der Waals surface area contributed by atoms with E-state index in [1.807, 2.05) is 17.4 Å². The van der Waals surface area contributed by atoms with Crippen LogP contribution >= 0.6 is 35.3 Å². The van der Waals surface area contributed by atoms with Crippen LogP contribution in [0.4, 0.5) is 5.82 Å². The van der Waals surface area contributed by atoms with Gasteiger partial charge in [0.1, 0.15) is 5.82 Å². The van der Waals surface area contributed by atoms with Crippen LogP contribution in [0.25, 0.3) is 0 Å². The number of carbonyl (C=O) groups is 1. The summed E-state index contributed by atoms with van der Waals surface area (Å²) in [5, 5.41) is 6.86. The molecule has 3 heterocycles. The number of nitrogens with zero attached hydrogens (tertiary/aromatic N) is 3. The molecule has 7 nitrogen and oxygen atoms in total. The van der Waals surface area contributed by atoms with Gasteiger partial charge in [-0.3, -0.25) is 4.79 Å². The van der Waals surface area contributed by atoms with Gasteiger partial charge in [-0.25, -0.2) is 9.98 Å². The number of primary amides is 1. The van der Waals surface area contributed by atoms with Gasteiger partial charge in [-0.05, 0) is 51.8 Å². The van der Waals surface area contributed by atoms with Crippen molar-refractivity contribution in [2.45, 2.75) is 52.6 Å². The summed E-state index contributed by atoms with van der Waals surface area (Å²) in [5.41, 5.74) is 6.60. The second-order valence-corrected chi connectivity index (χ2v) is 9.50. The minimum Gasteiger partial charge on any atom is -0.369 e. The molecule has 9 heteroatoms. The number of piperidine rings is 1. The number of halogens is 1. The van der Waals surface area contributed by atoms with Gasteiger partial charge in [0, 0.05) is 53.6 Å². The number of nitrogens with one attached hydrogen (secondary N) is 2. The van der Waals surface area contributed by atoms with Crippen molar-refractivity contribution in [1.29, 1.82) is 0 Å². The predicted octanol–water partition coefficient (Wildman–Crippen LogP) is 3.46. The third-order valence-electron chi connectivity index (χ3n) is 5.43. The highest BCUT2D eigenvalue weighted by Crippen LogP contribution is 2.25. The molecule has 4 N–H and O–H groups in total. The normalized spacial score (nSPS) is 17.4. The van der Waals surface area contributed by atoms with E-state index < -0.39 is 0 Å². The fourth-order valence-electron chi connectivity index (χ4n) is 3.91. The third-order valence-corrected chi connectivity index (χ3v) is 6.45. The third kappa shape index (κ3) is 7.61. The molecule has 2 aromatic rings. The molecular weight excluding hydrogens is 535 g/mol. The summed E-state index contributed by atoms with van der Waals surface area (Å²) in [6.07, 6.45) is 4.55. The van der Waals surface area contributed by atoms with E-state index in [2.05, 4.69) is 59.5 Å². The Morgan fingerprint density at radius 1 is 1.41 bits per heavy atom. The average Bonchev–Trinajstić information content (AvgIpc) is 3.16. The highest BCUT2D eigenvalue weighted by Gasteiger charge is 2.26. The number of anilines is 1. The molecule has 3 rings (SSSR count). The van der Waals surface area contributed by atoms with Crippen LogP contribution in [0, 0.1) is 12.8 Å². The van der Waals surface area contributed by atoms with Crippen LogP contribution in [-0.2, 0) is 17.8 Å². The van der Waals surface area contributed by atoms with Crippen molar-refractivity contribution in [3.63, 3.8) is 0 Å². The van der Waals surface area contributed by atoms with Crippen LogP contribution in [0.1, 0.15) is 42.0 Å². The van der Waals surface area contributed by atoms with Crippen LogP contribution in [0.3, 0.4) is 0 Å². The minimum atomic E-state index is -0.228.